The van der Waals surface area contributed by atoms with Gasteiger partial charge in [-0.1, -0.05) is 29.8 Å². The normalized spacial score (nSPS) is 28.4. The first kappa shape index (κ1) is 19.1. The van der Waals surface area contributed by atoms with E-state index in [2.05, 4.69) is 15.8 Å². The van der Waals surface area contributed by atoms with Crippen LogP contribution in [0.1, 0.15) is 32.1 Å². The smallest absolute Gasteiger partial charge is 0.339 e. The summed E-state index contributed by atoms with van der Waals surface area (Å²) in [6.45, 7) is 0. The first-order valence-electron chi connectivity index (χ1n) is 9.26. The molecule has 3 rings (SSSR count). The standard InChI is InChI=1S/C20H25N3O4/c24-18-11-14-9-13(5-4-8-19(25)26)10-16(14)17(18)12-21-23-20(27)22-15-6-2-1-3-7-15/h1-3,5-7,12,14,16-18,24H,4,8-11H2,(H,25,26)(H2,22,23,27)/b13-5-,21-12+/t14-,16-,17+,18+/m0/s1. The number of hydrogen-bond donors (Lipinski definition) is 4. The minimum absolute atomic E-state index is 0.0996. The number of nitrogens with zero attached hydrogens (tertiary/aromatic N) is 1. The Labute approximate surface area is 158 Å². The van der Waals surface area contributed by atoms with E-state index in [1.807, 2.05) is 24.3 Å². The Hall–Kier alpha value is -2.67. The average Bonchev–Trinajstić information content (AvgIpc) is 3.13. The van der Waals surface area contributed by atoms with Crippen molar-refractivity contribution in [2.24, 2.45) is 22.9 Å². The van der Waals surface area contributed by atoms with Gasteiger partial charge in [-0.2, -0.15) is 5.10 Å². The van der Waals surface area contributed by atoms with Gasteiger partial charge in [0.1, 0.15) is 0 Å². The first-order valence-corrected chi connectivity index (χ1v) is 9.26. The summed E-state index contributed by atoms with van der Waals surface area (Å²) in [5.74, 6) is -0.202. The molecular formula is C20H25N3O4. The van der Waals surface area contributed by atoms with Crippen LogP contribution in [-0.4, -0.2) is 34.5 Å². The maximum absolute atomic E-state index is 11.9. The fraction of sp³-hybridized carbons (Fsp3) is 0.450. The van der Waals surface area contributed by atoms with Crippen molar-refractivity contribution in [3.8, 4) is 0 Å². The van der Waals surface area contributed by atoms with Gasteiger partial charge in [0.15, 0.2) is 0 Å². The Morgan fingerprint density at radius 3 is 2.74 bits per heavy atom. The molecule has 0 unspecified atom stereocenters. The van der Waals surface area contributed by atoms with Crippen LogP contribution >= 0.6 is 0 Å². The molecule has 4 N–H and O–H groups in total. The number of anilines is 1. The largest absolute Gasteiger partial charge is 0.481 e. The van der Waals surface area contributed by atoms with Crippen LogP contribution in [0.3, 0.4) is 0 Å². The van der Waals surface area contributed by atoms with Gasteiger partial charge in [-0.3, -0.25) is 4.79 Å². The van der Waals surface area contributed by atoms with Crippen LogP contribution in [0.4, 0.5) is 10.5 Å². The molecule has 2 aliphatic rings. The van der Waals surface area contributed by atoms with Gasteiger partial charge >= 0.3 is 12.0 Å². The quantitative estimate of drug-likeness (QED) is 0.350. The van der Waals surface area contributed by atoms with Gasteiger partial charge in [-0.15, -0.1) is 0 Å². The number of hydrazone groups is 1. The number of carboxylic acid groups (broad SMARTS) is 1. The van der Waals surface area contributed by atoms with Gasteiger partial charge < -0.3 is 15.5 Å². The van der Waals surface area contributed by atoms with Gasteiger partial charge in [0.2, 0.25) is 0 Å². The predicted octanol–water partition coefficient (Wildman–Crippen LogP) is 2.99. The zero-order chi connectivity index (χ0) is 19.2. The van der Waals surface area contributed by atoms with E-state index in [-0.39, 0.29) is 12.3 Å². The molecule has 4 atom stereocenters. The second kappa shape index (κ2) is 8.81. The van der Waals surface area contributed by atoms with Gasteiger partial charge in [-0.05, 0) is 49.7 Å². The van der Waals surface area contributed by atoms with Crippen molar-refractivity contribution in [1.29, 1.82) is 0 Å². The van der Waals surface area contributed by atoms with Crippen molar-refractivity contribution in [3.63, 3.8) is 0 Å². The molecule has 2 fully saturated rings. The molecule has 2 aliphatic carbocycles. The number of rotatable bonds is 6. The Kier molecular flexibility index (Phi) is 6.24. The minimum atomic E-state index is -0.787. The summed E-state index contributed by atoms with van der Waals surface area (Å²) < 4.78 is 0. The number of allylic oxidation sites excluding steroid dienone is 2. The van der Waals surface area contributed by atoms with E-state index in [1.165, 1.54) is 5.57 Å². The molecule has 144 valence electrons. The third-order valence-electron chi connectivity index (χ3n) is 5.35. The lowest BCUT2D eigenvalue weighted by atomic mass is 9.92. The van der Waals surface area contributed by atoms with Crippen LogP contribution in [0.5, 0.6) is 0 Å². The number of amides is 2. The van der Waals surface area contributed by atoms with Crippen LogP contribution < -0.4 is 10.7 Å². The summed E-state index contributed by atoms with van der Waals surface area (Å²) in [6.07, 6.45) is 6.39. The zero-order valence-electron chi connectivity index (χ0n) is 15.0. The molecule has 0 bridgehead atoms. The van der Waals surface area contributed by atoms with Crippen LogP contribution in [0.15, 0.2) is 47.1 Å². The van der Waals surface area contributed by atoms with Gasteiger partial charge in [0, 0.05) is 24.2 Å². The highest BCUT2D eigenvalue weighted by atomic mass is 16.4. The third kappa shape index (κ3) is 5.17. The van der Waals surface area contributed by atoms with E-state index in [0.29, 0.717) is 30.4 Å². The van der Waals surface area contributed by atoms with Gasteiger partial charge in [0.25, 0.3) is 0 Å². The van der Waals surface area contributed by atoms with Gasteiger partial charge in [-0.25, -0.2) is 10.2 Å². The number of para-hydroxylation sites is 1. The second-order valence-corrected chi connectivity index (χ2v) is 7.22. The molecule has 0 spiro atoms. The predicted molar refractivity (Wildman–Crippen MR) is 102 cm³/mol. The Morgan fingerprint density at radius 1 is 1.22 bits per heavy atom. The molecule has 0 radical (unpaired) electrons. The van der Waals surface area contributed by atoms with Crippen molar-refractivity contribution < 1.29 is 19.8 Å². The summed E-state index contributed by atoms with van der Waals surface area (Å²) in [5, 5.41) is 25.8. The monoisotopic (exact) mass is 371 g/mol. The van der Waals surface area contributed by atoms with Crippen molar-refractivity contribution in [3.05, 3.63) is 42.0 Å². The number of carboxylic acids is 1. The molecule has 1 aromatic carbocycles. The SMILES string of the molecule is O=C(O)CC/C=C1/C[C@H]2C[C@@H](O)[C@H](/C=N/NC(=O)Nc3ccccc3)[C@H]2C1. The summed E-state index contributed by atoms with van der Waals surface area (Å²) in [4.78, 5) is 22.5. The molecule has 0 aliphatic heterocycles. The molecule has 2 amide bonds. The summed E-state index contributed by atoms with van der Waals surface area (Å²) in [5.41, 5.74) is 4.39. The Bertz CT molecular complexity index is 732. The number of aliphatic hydroxyl groups excluding tert-OH is 1. The van der Waals surface area contributed by atoms with E-state index in [4.69, 9.17) is 5.11 Å². The number of aliphatic hydroxyl groups is 1. The van der Waals surface area contributed by atoms with E-state index >= 15 is 0 Å². The molecular weight excluding hydrogens is 346 g/mol. The maximum atomic E-state index is 11.9. The molecule has 0 heterocycles. The summed E-state index contributed by atoms with van der Waals surface area (Å²) >= 11 is 0. The lowest BCUT2D eigenvalue weighted by Crippen LogP contribution is -2.27. The second-order valence-electron chi connectivity index (χ2n) is 7.22. The molecule has 1 aromatic rings. The summed E-state index contributed by atoms with van der Waals surface area (Å²) in [7, 11) is 0. The molecule has 0 aromatic heterocycles. The fourth-order valence-corrected chi connectivity index (χ4v) is 4.14. The van der Waals surface area contributed by atoms with Crippen LogP contribution in [-0.2, 0) is 4.79 Å². The number of urea groups is 1. The Balaban J connectivity index is 1.51. The Morgan fingerprint density at radius 2 is 2.00 bits per heavy atom. The van der Waals surface area contributed by atoms with E-state index < -0.39 is 18.1 Å². The van der Waals surface area contributed by atoms with Crippen molar-refractivity contribution in [2.45, 2.75) is 38.2 Å². The number of fused-ring (bicyclic) bond motifs is 1. The average molecular weight is 371 g/mol. The highest BCUT2D eigenvalue weighted by Crippen LogP contribution is 2.49. The first-order chi connectivity index (χ1) is 13.0. The topological polar surface area (TPSA) is 111 Å². The van der Waals surface area contributed by atoms with Crippen molar-refractivity contribution >= 4 is 23.9 Å². The molecule has 27 heavy (non-hydrogen) atoms. The minimum Gasteiger partial charge on any atom is -0.481 e. The van der Waals surface area contributed by atoms with E-state index in [9.17, 15) is 14.7 Å². The number of nitrogens with one attached hydrogen (secondary N) is 2. The number of hydrogen-bond acceptors (Lipinski definition) is 4. The fourth-order valence-electron chi connectivity index (χ4n) is 4.14. The molecule has 7 heteroatoms. The maximum Gasteiger partial charge on any atom is 0.339 e. The van der Waals surface area contributed by atoms with Crippen LogP contribution in [0, 0.1) is 17.8 Å². The van der Waals surface area contributed by atoms with E-state index in [1.54, 1.807) is 18.3 Å². The van der Waals surface area contributed by atoms with Crippen LogP contribution in [0.25, 0.3) is 0 Å². The molecule has 0 saturated heterocycles. The van der Waals surface area contributed by atoms with Crippen molar-refractivity contribution in [2.75, 3.05) is 5.32 Å². The van der Waals surface area contributed by atoms with E-state index in [0.717, 1.165) is 12.8 Å². The zero-order valence-corrected chi connectivity index (χ0v) is 15.0. The lowest BCUT2D eigenvalue weighted by molar-refractivity contribution is -0.136. The van der Waals surface area contributed by atoms with Crippen LogP contribution in [0.2, 0.25) is 0 Å². The summed E-state index contributed by atoms with van der Waals surface area (Å²) in [6, 6.07) is 8.66. The number of benzene rings is 1. The number of carbonyl (C=O) groups is 2. The molecule has 7 nitrogen and oxygen atoms in total. The third-order valence-corrected chi connectivity index (χ3v) is 5.35. The highest BCUT2D eigenvalue weighted by Gasteiger charge is 2.45. The number of carbonyl (C=O) groups excluding carboxylic acids is 1. The number of aliphatic carboxylic acids is 1. The molecule has 2 saturated carbocycles. The van der Waals surface area contributed by atoms with Gasteiger partial charge in [0.05, 0.1) is 6.10 Å². The van der Waals surface area contributed by atoms with Crippen molar-refractivity contribution in [1.82, 2.24) is 5.43 Å². The lowest BCUT2D eigenvalue weighted by Gasteiger charge is -2.16. The highest BCUT2D eigenvalue weighted by molar-refractivity contribution is 5.89.